The summed E-state index contributed by atoms with van der Waals surface area (Å²) in [6.45, 7) is -0.105. The van der Waals surface area contributed by atoms with E-state index in [2.05, 4.69) is 5.32 Å². The van der Waals surface area contributed by atoms with Crippen molar-refractivity contribution in [2.24, 2.45) is 11.8 Å². The quantitative estimate of drug-likeness (QED) is 0.757. The van der Waals surface area contributed by atoms with Crippen LogP contribution in [-0.4, -0.2) is 34.8 Å². The minimum absolute atomic E-state index is 0.105. The second-order valence-corrected chi connectivity index (χ2v) is 5.23. The van der Waals surface area contributed by atoms with Crippen LogP contribution in [0.2, 0.25) is 0 Å². The first kappa shape index (κ1) is 15.1. The number of thioether (sulfide) groups is 1. The lowest BCUT2D eigenvalue weighted by molar-refractivity contribution is -0.146. The van der Waals surface area contributed by atoms with Crippen molar-refractivity contribution in [3.05, 3.63) is 0 Å². The Morgan fingerprint density at radius 1 is 1.28 bits per heavy atom. The number of aliphatic carboxylic acids is 1. The second kappa shape index (κ2) is 6.31. The third kappa shape index (κ3) is 4.75. The van der Waals surface area contributed by atoms with Gasteiger partial charge in [0.15, 0.2) is 0 Å². The number of amides is 1. The van der Waals surface area contributed by atoms with Gasteiger partial charge in [0.2, 0.25) is 5.91 Å². The number of carbonyl (C=O) groups excluding carboxylic acids is 1. The first-order valence-electron chi connectivity index (χ1n) is 5.52. The van der Waals surface area contributed by atoms with E-state index in [4.69, 9.17) is 5.11 Å². The summed E-state index contributed by atoms with van der Waals surface area (Å²) in [6, 6.07) is 0. The lowest BCUT2D eigenvalue weighted by atomic mass is 9.95. The number of alkyl halides is 3. The third-order valence-corrected chi connectivity index (χ3v) is 3.57. The van der Waals surface area contributed by atoms with E-state index < -0.39 is 29.2 Å². The van der Waals surface area contributed by atoms with E-state index in [1.165, 1.54) is 0 Å². The number of carbonyl (C=O) groups is 2. The number of hydrogen-bond acceptors (Lipinski definition) is 3. The summed E-state index contributed by atoms with van der Waals surface area (Å²) in [5, 5.41) is 11.2. The molecular formula is C10H14F3NO3S. The van der Waals surface area contributed by atoms with E-state index in [0.717, 1.165) is 0 Å². The van der Waals surface area contributed by atoms with Crippen LogP contribution in [0.3, 0.4) is 0 Å². The zero-order valence-corrected chi connectivity index (χ0v) is 10.3. The summed E-state index contributed by atoms with van der Waals surface area (Å²) in [5.41, 5.74) is -4.30. The lowest BCUT2D eigenvalue weighted by Gasteiger charge is -2.15. The van der Waals surface area contributed by atoms with Crippen LogP contribution in [0.25, 0.3) is 0 Å². The Bertz CT molecular complexity index is 322. The molecule has 1 amide bonds. The highest BCUT2D eigenvalue weighted by molar-refractivity contribution is 8.00. The molecule has 0 aromatic rings. The highest BCUT2D eigenvalue weighted by Crippen LogP contribution is 2.32. The van der Waals surface area contributed by atoms with E-state index in [1.807, 2.05) is 0 Å². The fourth-order valence-corrected chi connectivity index (χ4v) is 2.48. The van der Waals surface area contributed by atoms with Gasteiger partial charge in [-0.05, 0) is 24.6 Å². The maximum atomic E-state index is 11.8. The summed E-state index contributed by atoms with van der Waals surface area (Å²) >= 11 is -0.206. The van der Waals surface area contributed by atoms with Gasteiger partial charge >= 0.3 is 11.5 Å². The summed E-state index contributed by atoms with van der Waals surface area (Å²) in [6.07, 6.45) is 1.59. The Kier molecular flexibility index (Phi) is 5.30. The van der Waals surface area contributed by atoms with Gasteiger partial charge in [-0.2, -0.15) is 13.2 Å². The fourth-order valence-electron chi connectivity index (χ4n) is 2.04. The Balaban J connectivity index is 2.30. The molecule has 0 radical (unpaired) electrons. The van der Waals surface area contributed by atoms with Crippen LogP contribution >= 0.6 is 11.8 Å². The Hall–Kier alpha value is -0.920. The molecule has 8 heteroatoms. The molecule has 4 nitrogen and oxygen atoms in total. The van der Waals surface area contributed by atoms with Crippen molar-refractivity contribution in [1.29, 1.82) is 0 Å². The predicted molar refractivity (Wildman–Crippen MR) is 60.0 cm³/mol. The molecule has 0 aromatic carbocycles. The molecule has 104 valence electrons. The molecule has 0 aliphatic heterocycles. The van der Waals surface area contributed by atoms with Gasteiger partial charge in [-0.3, -0.25) is 9.59 Å². The van der Waals surface area contributed by atoms with E-state index in [0.29, 0.717) is 19.3 Å². The van der Waals surface area contributed by atoms with E-state index in [9.17, 15) is 22.8 Å². The SMILES string of the molecule is O=C(O)C1CCCC1C(=O)NCCSC(F)(F)F. The van der Waals surface area contributed by atoms with Crippen LogP contribution in [0.1, 0.15) is 19.3 Å². The Morgan fingerprint density at radius 3 is 2.44 bits per heavy atom. The van der Waals surface area contributed by atoms with Crippen molar-refractivity contribution in [2.75, 3.05) is 12.3 Å². The topological polar surface area (TPSA) is 66.4 Å². The fraction of sp³-hybridized carbons (Fsp3) is 0.800. The Morgan fingerprint density at radius 2 is 1.89 bits per heavy atom. The molecule has 0 aromatic heterocycles. The molecule has 2 atom stereocenters. The first-order valence-corrected chi connectivity index (χ1v) is 6.51. The molecule has 0 spiro atoms. The smallest absolute Gasteiger partial charge is 0.441 e. The number of carboxylic acid groups (broad SMARTS) is 1. The average Bonchev–Trinajstić information content (AvgIpc) is 2.71. The lowest BCUT2D eigenvalue weighted by Crippen LogP contribution is -2.36. The van der Waals surface area contributed by atoms with Crippen LogP contribution in [0.5, 0.6) is 0 Å². The van der Waals surface area contributed by atoms with Crippen molar-refractivity contribution < 1.29 is 27.9 Å². The molecular weight excluding hydrogens is 271 g/mol. The third-order valence-electron chi connectivity index (χ3n) is 2.84. The Labute approximate surface area is 106 Å². The predicted octanol–water partition coefficient (Wildman–Crippen LogP) is 1.86. The standard InChI is InChI=1S/C10H14F3NO3S/c11-10(12,13)18-5-4-14-8(15)6-2-1-3-7(6)9(16)17/h6-7H,1-5H2,(H,14,15)(H,16,17). The maximum absolute atomic E-state index is 11.8. The number of hydrogen-bond donors (Lipinski definition) is 2. The molecule has 0 bridgehead atoms. The maximum Gasteiger partial charge on any atom is 0.441 e. The van der Waals surface area contributed by atoms with E-state index >= 15 is 0 Å². The second-order valence-electron chi connectivity index (χ2n) is 4.07. The number of rotatable bonds is 5. The van der Waals surface area contributed by atoms with Gasteiger partial charge in [0.25, 0.3) is 0 Å². The van der Waals surface area contributed by atoms with Gasteiger partial charge in [-0.1, -0.05) is 6.42 Å². The van der Waals surface area contributed by atoms with Crippen LogP contribution in [0.15, 0.2) is 0 Å². The monoisotopic (exact) mass is 285 g/mol. The first-order chi connectivity index (χ1) is 8.31. The minimum Gasteiger partial charge on any atom is -0.481 e. The summed E-state index contributed by atoms with van der Waals surface area (Å²) in [5.74, 6) is -3.06. The number of nitrogens with one attached hydrogen (secondary N) is 1. The van der Waals surface area contributed by atoms with Crippen LogP contribution in [0, 0.1) is 11.8 Å². The van der Waals surface area contributed by atoms with Gasteiger partial charge in [0, 0.05) is 12.3 Å². The van der Waals surface area contributed by atoms with Crippen molar-refractivity contribution in [3.8, 4) is 0 Å². The zero-order valence-electron chi connectivity index (χ0n) is 9.50. The molecule has 1 saturated carbocycles. The number of halogens is 3. The normalized spacial score (nSPS) is 23.9. The average molecular weight is 285 g/mol. The van der Waals surface area contributed by atoms with Gasteiger partial charge in [-0.15, -0.1) is 0 Å². The molecule has 2 unspecified atom stereocenters. The molecule has 0 saturated heterocycles. The van der Waals surface area contributed by atoms with Crippen molar-refractivity contribution in [2.45, 2.75) is 24.8 Å². The molecule has 0 heterocycles. The zero-order chi connectivity index (χ0) is 13.8. The van der Waals surface area contributed by atoms with Gasteiger partial charge in [-0.25, -0.2) is 0 Å². The highest BCUT2D eigenvalue weighted by atomic mass is 32.2. The van der Waals surface area contributed by atoms with Crippen LogP contribution in [-0.2, 0) is 9.59 Å². The molecule has 1 fully saturated rings. The van der Waals surface area contributed by atoms with Gasteiger partial charge in [0.05, 0.1) is 11.8 Å². The minimum atomic E-state index is -4.30. The molecule has 18 heavy (non-hydrogen) atoms. The van der Waals surface area contributed by atoms with Crippen molar-refractivity contribution in [3.63, 3.8) is 0 Å². The van der Waals surface area contributed by atoms with Crippen molar-refractivity contribution >= 4 is 23.6 Å². The summed E-state index contributed by atoms with van der Waals surface area (Å²) < 4.78 is 35.5. The highest BCUT2D eigenvalue weighted by Gasteiger charge is 2.37. The van der Waals surface area contributed by atoms with E-state index in [-0.39, 0.29) is 24.1 Å². The molecule has 2 N–H and O–H groups in total. The van der Waals surface area contributed by atoms with Crippen molar-refractivity contribution in [1.82, 2.24) is 5.32 Å². The molecule has 1 aliphatic carbocycles. The summed E-state index contributed by atoms with van der Waals surface area (Å²) in [4.78, 5) is 22.5. The number of carboxylic acids is 1. The molecule has 1 rings (SSSR count). The summed E-state index contributed by atoms with van der Waals surface area (Å²) in [7, 11) is 0. The van der Waals surface area contributed by atoms with Gasteiger partial charge in [0.1, 0.15) is 0 Å². The largest absolute Gasteiger partial charge is 0.481 e. The van der Waals surface area contributed by atoms with E-state index in [1.54, 1.807) is 0 Å². The van der Waals surface area contributed by atoms with Crippen LogP contribution < -0.4 is 5.32 Å². The van der Waals surface area contributed by atoms with Crippen LogP contribution in [0.4, 0.5) is 13.2 Å². The van der Waals surface area contributed by atoms with Gasteiger partial charge < -0.3 is 10.4 Å². The molecule has 1 aliphatic rings.